The van der Waals surface area contributed by atoms with Crippen molar-refractivity contribution in [3.8, 4) is 0 Å². The van der Waals surface area contributed by atoms with Crippen LogP contribution in [-0.2, 0) is 16.1 Å². The van der Waals surface area contributed by atoms with Gasteiger partial charge in [0.15, 0.2) is 0 Å². The third-order valence-corrected chi connectivity index (χ3v) is 5.37. The Morgan fingerprint density at radius 2 is 2.35 bits per heavy atom. The summed E-state index contributed by atoms with van der Waals surface area (Å²) in [5.41, 5.74) is 0.592. The lowest BCUT2D eigenvalue weighted by molar-refractivity contribution is -0.157. The molecule has 1 N–H and O–H groups in total. The van der Waals surface area contributed by atoms with E-state index in [0.29, 0.717) is 26.2 Å². The largest absolute Gasteiger partial charge is 0.481 e. The molecule has 0 bridgehead atoms. The quantitative estimate of drug-likeness (QED) is 0.941. The molecule has 4 rings (SSSR count). The second-order valence-electron chi connectivity index (χ2n) is 6.67. The van der Waals surface area contributed by atoms with Crippen molar-refractivity contribution < 1.29 is 14.6 Å². The van der Waals surface area contributed by atoms with E-state index in [2.05, 4.69) is 22.0 Å². The molecule has 2 saturated heterocycles. The molecule has 0 radical (unpaired) electrons. The molecular weight excluding hydrogens is 292 g/mol. The average molecular weight is 312 g/mol. The zero-order chi connectivity index (χ0) is 15.9. The minimum absolute atomic E-state index is 0.0883. The Bertz CT molecular complexity index is 743. The summed E-state index contributed by atoms with van der Waals surface area (Å²) in [6.07, 6.45) is 4.29. The van der Waals surface area contributed by atoms with E-state index in [9.17, 15) is 9.90 Å². The van der Waals surface area contributed by atoms with Crippen LogP contribution in [0.1, 0.15) is 12.0 Å². The number of carbonyl (C=O) groups is 1. The Morgan fingerprint density at radius 3 is 3.17 bits per heavy atom. The SMILES string of the molecule is O=C(O)[C@]12CCOC[C@H]1CN(Cc1cccc3cnccc13)C2. The van der Waals surface area contributed by atoms with Gasteiger partial charge in [-0.2, -0.15) is 0 Å². The topological polar surface area (TPSA) is 62.7 Å². The Kier molecular flexibility index (Phi) is 3.54. The van der Waals surface area contributed by atoms with Gasteiger partial charge in [0.25, 0.3) is 0 Å². The van der Waals surface area contributed by atoms with E-state index in [4.69, 9.17) is 4.74 Å². The normalized spacial score (nSPS) is 27.9. The number of nitrogens with zero attached hydrogens (tertiary/aromatic N) is 2. The monoisotopic (exact) mass is 312 g/mol. The van der Waals surface area contributed by atoms with Crippen molar-refractivity contribution in [1.29, 1.82) is 0 Å². The molecule has 2 atom stereocenters. The number of hydrogen-bond acceptors (Lipinski definition) is 4. The molecule has 2 aliphatic heterocycles. The minimum atomic E-state index is -0.671. The highest BCUT2D eigenvalue weighted by atomic mass is 16.5. The molecule has 2 aliphatic rings. The molecular formula is C18H20N2O3. The summed E-state index contributed by atoms with van der Waals surface area (Å²) >= 11 is 0. The van der Waals surface area contributed by atoms with E-state index in [1.807, 2.05) is 24.5 Å². The van der Waals surface area contributed by atoms with Crippen molar-refractivity contribution in [2.75, 3.05) is 26.3 Å². The van der Waals surface area contributed by atoms with Crippen LogP contribution in [0.2, 0.25) is 0 Å². The van der Waals surface area contributed by atoms with Gasteiger partial charge >= 0.3 is 5.97 Å². The van der Waals surface area contributed by atoms with Gasteiger partial charge in [0.2, 0.25) is 0 Å². The number of fused-ring (bicyclic) bond motifs is 2. The van der Waals surface area contributed by atoms with Gasteiger partial charge in [0, 0.05) is 49.9 Å². The predicted octanol–water partition coefficient (Wildman–Crippen LogP) is 2.16. The van der Waals surface area contributed by atoms with Crippen LogP contribution >= 0.6 is 0 Å². The van der Waals surface area contributed by atoms with Gasteiger partial charge in [-0.1, -0.05) is 18.2 Å². The predicted molar refractivity (Wildman–Crippen MR) is 86.0 cm³/mol. The first kappa shape index (κ1) is 14.6. The molecule has 3 heterocycles. The molecule has 2 fully saturated rings. The zero-order valence-corrected chi connectivity index (χ0v) is 12.9. The summed E-state index contributed by atoms with van der Waals surface area (Å²) in [4.78, 5) is 18.3. The second-order valence-corrected chi connectivity index (χ2v) is 6.67. The molecule has 0 aliphatic carbocycles. The van der Waals surface area contributed by atoms with E-state index in [0.717, 1.165) is 18.5 Å². The zero-order valence-electron chi connectivity index (χ0n) is 12.9. The van der Waals surface area contributed by atoms with Crippen molar-refractivity contribution >= 4 is 16.7 Å². The highest BCUT2D eigenvalue weighted by Crippen LogP contribution is 2.43. The molecule has 5 heteroatoms. The van der Waals surface area contributed by atoms with Crippen LogP contribution in [0.25, 0.3) is 10.8 Å². The summed E-state index contributed by atoms with van der Waals surface area (Å²) < 4.78 is 5.53. The molecule has 1 aromatic carbocycles. The van der Waals surface area contributed by atoms with E-state index < -0.39 is 11.4 Å². The van der Waals surface area contributed by atoms with Crippen molar-refractivity contribution in [1.82, 2.24) is 9.88 Å². The Balaban J connectivity index is 1.61. The van der Waals surface area contributed by atoms with Gasteiger partial charge < -0.3 is 9.84 Å². The van der Waals surface area contributed by atoms with Gasteiger partial charge in [-0.25, -0.2) is 0 Å². The van der Waals surface area contributed by atoms with Crippen molar-refractivity contribution in [3.05, 3.63) is 42.2 Å². The molecule has 5 nitrogen and oxygen atoms in total. The Morgan fingerprint density at radius 1 is 1.43 bits per heavy atom. The first-order valence-electron chi connectivity index (χ1n) is 8.04. The minimum Gasteiger partial charge on any atom is -0.481 e. The molecule has 0 saturated carbocycles. The fourth-order valence-electron chi connectivity index (χ4n) is 4.09. The van der Waals surface area contributed by atoms with E-state index in [-0.39, 0.29) is 5.92 Å². The molecule has 2 aromatic rings. The summed E-state index contributed by atoms with van der Waals surface area (Å²) in [5, 5.41) is 12.1. The number of likely N-dealkylation sites (tertiary alicyclic amines) is 1. The third kappa shape index (κ3) is 2.40. The molecule has 0 unspecified atom stereocenters. The van der Waals surface area contributed by atoms with Gasteiger partial charge in [-0.05, 0) is 23.4 Å². The number of carboxylic acids is 1. The van der Waals surface area contributed by atoms with Crippen LogP contribution in [-0.4, -0.2) is 47.3 Å². The smallest absolute Gasteiger partial charge is 0.311 e. The number of aromatic nitrogens is 1. The van der Waals surface area contributed by atoms with E-state index in [1.54, 1.807) is 0 Å². The summed E-state index contributed by atoms with van der Waals surface area (Å²) in [6, 6.07) is 8.25. The molecule has 23 heavy (non-hydrogen) atoms. The van der Waals surface area contributed by atoms with Crippen LogP contribution in [0.3, 0.4) is 0 Å². The van der Waals surface area contributed by atoms with Crippen LogP contribution < -0.4 is 0 Å². The maximum Gasteiger partial charge on any atom is 0.311 e. The van der Waals surface area contributed by atoms with Crippen LogP contribution in [0.15, 0.2) is 36.7 Å². The number of benzene rings is 1. The number of hydrogen-bond donors (Lipinski definition) is 1. The summed E-state index contributed by atoms with van der Waals surface area (Å²) in [6.45, 7) is 3.28. The number of rotatable bonds is 3. The summed E-state index contributed by atoms with van der Waals surface area (Å²) in [7, 11) is 0. The van der Waals surface area contributed by atoms with Gasteiger partial charge in [-0.3, -0.25) is 14.7 Å². The fraction of sp³-hybridized carbons (Fsp3) is 0.444. The van der Waals surface area contributed by atoms with Crippen LogP contribution in [0, 0.1) is 11.3 Å². The lowest BCUT2D eigenvalue weighted by Crippen LogP contribution is -2.44. The third-order valence-electron chi connectivity index (χ3n) is 5.37. The summed E-state index contributed by atoms with van der Waals surface area (Å²) in [5.74, 6) is -0.583. The molecule has 0 spiro atoms. The molecule has 0 amide bonds. The van der Waals surface area contributed by atoms with Crippen LogP contribution in [0.5, 0.6) is 0 Å². The maximum absolute atomic E-state index is 11.9. The van der Waals surface area contributed by atoms with E-state index >= 15 is 0 Å². The lowest BCUT2D eigenvalue weighted by Gasteiger charge is -2.34. The van der Waals surface area contributed by atoms with Crippen LogP contribution in [0.4, 0.5) is 0 Å². The maximum atomic E-state index is 11.9. The van der Waals surface area contributed by atoms with Crippen molar-refractivity contribution in [2.45, 2.75) is 13.0 Å². The first-order valence-corrected chi connectivity index (χ1v) is 8.04. The van der Waals surface area contributed by atoms with Gasteiger partial charge in [-0.15, -0.1) is 0 Å². The second kappa shape index (κ2) is 5.58. The average Bonchev–Trinajstić information content (AvgIpc) is 2.94. The highest BCUT2D eigenvalue weighted by Gasteiger charge is 2.53. The van der Waals surface area contributed by atoms with E-state index in [1.165, 1.54) is 10.9 Å². The van der Waals surface area contributed by atoms with Gasteiger partial charge in [0.05, 0.1) is 12.0 Å². The number of aliphatic carboxylic acids is 1. The number of carboxylic acid groups (broad SMARTS) is 1. The van der Waals surface area contributed by atoms with Crippen molar-refractivity contribution in [2.24, 2.45) is 11.3 Å². The Labute approximate surface area is 134 Å². The fourth-order valence-corrected chi connectivity index (χ4v) is 4.09. The molecule has 120 valence electrons. The van der Waals surface area contributed by atoms with Crippen molar-refractivity contribution in [3.63, 3.8) is 0 Å². The highest BCUT2D eigenvalue weighted by molar-refractivity contribution is 5.84. The molecule has 1 aromatic heterocycles. The standard InChI is InChI=1S/C18H20N2O3/c21-17(22)18-5-7-23-11-15(18)10-20(12-18)9-14-3-1-2-13-8-19-6-4-16(13)14/h1-4,6,8,15H,5,7,9-12H2,(H,21,22)/t15-,18+/m1/s1. The van der Waals surface area contributed by atoms with Gasteiger partial charge in [0.1, 0.15) is 0 Å². The number of ether oxygens (including phenoxy) is 1. The number of pyridine rings is 1. The Hall–Kier alpha value is -1.98. The lowest BCUT2D eigenvalue weighted by atomic mass is 9.74. The first-order chi connectivity index (χ1) is 11.2.